The van der Waals surface area contributed by atoms with Crippen molar-refractivity contribution in [1.29, 1.82) is 0 Å². The molecular formula is C59H111NO5. The third-order valence-electron chi connectivity index (χ3n) is 13.2. The lowest BCUT2D eigenvalue weighted by Crippen LogP contribution is -2.45. The summed E-state index contributed by atoms with van der Waals surface area (Å²) in [7, 11) is 0. The monoisotopic (exact) mass is 914 g/mol. The van der Waals surface area contributed by atoms with Gasteiger partial charge >= 0.3 is 5.97 Å². The third-order valence-corrected chi connectivity index (χ3v) is 13.2. The van der Waals surface area contributed by atoms with Gasteiger partial charge in [0.1, 0.15) is 0 Å². The van der Waals surface area contributed by atoms with Crippen LogP contribution in [0.3, 0.4) is 0 Å². The fraction of sp³-hybridized carbons (Fsp3) is 0.864. The molecule has 0 fully saturated rings. The fourth-order valence-electron chi connectivity index (χ4n) is 8.72. The van der Waals surface area contributed by atoms with E-state index in [0.717, 1.165) is 57.8 Å². The number of unbranched alkanes of at least 4 members (excludes halogenated alkanes) is 38. The summed E-state index contributed by atoms with van der Waals surface area (Å²) in [4.78, 5) is 24.4. The van der Waals surface area contributed by atoms with Gasteiger partial charge in [0, 0.05) is 12.8 Å². The summed E-state index contributed by atoms with van der Waals surface area (Å²) in [5.41, 5.74) is 0. The number of ether oxygens (including phenoxy) is 1. The van der Waals surface area contributed by atoms with Crippen molar-refractivity contribution in [2.45, 2.75) is 315 Å². The molecule has 0 bridgehead atoms. The van der Waals surface area contributed by atoms with Gasteiger partial charge in [0.05, 0.1) is 25.4 Å². The molecule has 0 radical (unpaired) electrons. The molecule has 65 heavy (non-hydrogen) atoms. The molecule has 0 saturated heterocycles. The summed E-state index contributed by atoms with van der Waals surface area (Å²) in [5.74, 6) is -0.0724. The number of rotatable bonds is 53. The highest BCUT2D eigenvalue weighted by molar-refractivity contribution is 5.76. The summed E-state index contributed by atoms with van der Waals surface area (Å²) in [5, 5.41) is 23.1. The van der Waals surface area contributed by atoms with E-state index in [1.807, 2.05) is 6.08 Å². The Labute approximate surface area is 404 Å². The van der Waals surface area contributed by atoms with E-state index in [1.165, 1.54) is 218 Å². The molecule has 2 unspecified atom stereocenters. The first-order valence-electron chi connectivity index (χ1n) is 28.8. The second-order valence-corrected chi connectivity index (χ2v) is 19.6. The predicted molar refractivity (Wildman–Crippen MR) is 283 cm³/mol. The van der Waals surface area contributed by atoms with E-state index in [1.54, 1.807) is 6.08 Å². The second-order valence-electron chi connectivity index (χ2n) is 19.6. The van der Waals surface area contributed by atoms with Crippen LogP contribution in [0.5, 0.6) is 0 Å². The lowest BCUT2D eigenvalue weighted by molar-refractivity contribution is -0.143. The van der Waals surface area contributed by atoms with Crippen molar-refractivity contribution in [1.82, 2.24) is 5.32 Å². The van der Waals surface area contributed by atoms with E-state index in [0.29, 0.717) is 19.4 Å². The first-order valence-corrected chi connectivity index (χ1v) is 28.8. The summed E-state index contributed by atoms with van der Waals surface area (Å²) in [6.45, 7) is 4.89. The van der Waals surface area contributed by atoms with Crippen LogP contribution in [-0.4, -0.2) is 47.4 Å². The molecule has 0 aromatic heterocycles. The maximum Gasteiger partial charge on any atom is 0.305 e. The maximum absolute atomic E-state index is 12.4. The third kappa shape index (κ3) is 51.3. The van der Waals surface area contributed by atoms with Gasteiger partial charge in [-0.25, -0.2) is 0 Å². The highest BCUT2D eigenvalue weighted by atomic mass is 16.5. The predicted octanol–water partition coefficient (Wildman–Crippen LogP) is 17.6. The van der Waals surface area contributed by atoms with Crippen LogP contribution in [0.15, 0.2) is 36.5 Å². The van der Waals surface area contributed by atoms with Crippen molar-refractivity contribution in [3.8, 4) is 0 Å². The number of hydrogen-bond donors (Lipinski definition) is 3. The maximum atomic E-state index is 12.4. The average Bonchev–Trinajstić information content (AvgIpc) is 3.31. The Morgan fingerprint density at radius 1 is 0.431 bits per heavy atom. The van der Waals surface area contributed by atoms with Gasteiger partial charge in [-0.15, -0.1) is 0 Å². The van der Waals surface area contributed by atoms with Gasteiger partial charge in [0.2, 0.25) is 5.91 Å². The molecule has 6 nitrogen and oxygen atoms in total. The Balaban J connectivity index is 3.48. The van der Waals surface area contributed by atoms with Gasteiger partial charge in [-0.2, -0.15) is 0 Å². The Hall–Kier alpha value is -1.92. The smallest absolute Gasteiger partial charge is 0.305 e. The minimum Gasteiger partial charge on any atom is -0.466 e. The van der Waals surface area contributed by atoms with Gasteiger partial charge < -0.3 is 20.3 Å². The molecule has 2 atom stereocenters. The van der Waals surface area contributed by atoms with Crippen molar-refractivity contribution in [2.75, 3.05) is 13.2 Å². The Morgan fingerprint density at radius 2 is 0.769 bits per heavy atom. The van der Waals surface area contributed by atoms with Crippen LogP contribution in [0.1, 0.15) is 303 Å². The van der Waals surface area contributed by atoms with Crippen LogP contribution < -0.4 is 5.32 Å². The van der Waals surface area contributed by atoms with E-state index >= 15 is 0 Å². The number of aliphatic hydroxyl groups excluding tert-OH is 2. The van der Waals surface area contributed by atoms with Crippen molar-refractivity contribution in [2.24, 2.45) is 0 Å². The van der Waals surface area contributed by atoms with Crippen LogP contribution in [0, 0.1) is 0 Å². The van der Waals surface area contributed by atoms with Crippen molar-refractivity contribution in [3.63, 3.8) is 0 Å². The lowest BCUT2D eigenvalue weighted by atomic mass is 10.0. The molecule has 0 rings (SSSR count). The molecule has 0 aliphatic carbocycles. The lowest BCUT2D eigenvalue weighted by Gasteiger charge is -2.20. The SMILES string of the molecule is CCCCCCCCCCCCCC/C=C/C(O)C(CO)NC(=O)CCCCCCCCC/C=C\C/C=C\CCCCCCCCCCCOC(=O)CCCCCCCCCCCCC. The number of allylic oxidation sites excluding steroid dienone is 5. The van der Waals surface area contributed by atoms with Gasteiger partial charge in [0.15, 0.2) is 0 Å². The number of aliphatic hydroxyl groups is 2. The zero-order chi connectivity index (χ0) is 47.2. The van der Waals surface area contributed by atoms with Crippen molar-refractivity contribution in [3.05, 3.63) is 36.5 Å². The second kappa shape index (κ2) is 54.7. The summed E-state index contributed by atoms with van der Waals surface area (Å²) in [6, 6.07) is -0.635. The zero-order valence-electron chi connectivity index (χ0n) is 43.5. The molecular weight excluding hydrogens is 803 g/mol. The van der Waals surface area contributed by atoms with E-state index in [2.05, 4.69) is 43.5 Å². The minimum absolute atomic E-state index is 0.00587. The van der Waals surface area contributed by atoms with Crippen molar-refractivity contribution >= 4 is 11.9 Å². The van der Waals surface area contributed by atoms with Crippen LogP contribution >= 0.6 is 0 Å². The van der Waals surface area contributed by atoms with Crippen LogP contribution in [0.4, 0.5) is 0 Å². The fourth-order valence-corrected chi connectivity index (χ4v) is 8.72. The van der Waals surface area contributed by atoms with Gasteiger partial charge in [-0.3, -0.25) is 9.59 Å². The molecule has 6 heteroatoms. The molecule has 0 aromatic rings. The molecule has 3 N–H and O–H groups in total. The number of nitrogens with one attached hydrogen (secondary N) is 1. The van der Waals surface area contributed by atoms with E-state index in [-0.39, 0.29) is 18.5 Å². The Kier molecular flexibility index (Phi) is 53.1. The number of hydrogen-bond acceptors (Lipinski definition) is 5. The summed E-state index contributed by atoms with van der Waals surface area (Å²) in [6.07, 6.45) is 67.4. The standard InChI is InChI=1S/C59H111NO5/c1-3-5-7-9-11-13-15-16-28-32-35-39-43-47-51-57(62)56(55-61)60-58(63)52-48-44-40-36-33-29-26-24-22-20-18-17-19-21-23-25-27-30-34-38-42-46-50-54-65-59(64)53-49-45-41-37-31-14-12-10-8-6-4-2/h17,19-20,22,47,51,56-57,61-62H,3-16,18,21,23-46,48-50,52-55H2,1-2H3,(H,60,63)/b19-17-,22-20-,51-47+. The minimum atomic E-state index is -0.850. The largest absolute Gasteiger partial charge is 0.466 e. The quantitative estimate of drug-likeness (QED) is 0.0321. The molecule has 0 spiro atoms. The average molecular weight is 915 g/mol. The number of carbonyl (C=O) groups excluding carboxylic acids is 2. The number of esters is 1. The first kappa shape index (κ1) is 63.1. The van der Waals surface area contributed by atoms with Crippen molar-refractivity contribution < 1.29 is 24.5 Å². The first-order chi connectivity index (χ1) is 32.0. The molecule has 0 aliphatic heterocycles. The number of amides is 1. The number of carbonyl (C=O) groups is 2. The summed E-state index contributed by atoms with van der Waals surface area (Å²) < 4.78 is 5.46. The van der Waals surface area contributed by atoms with Crippen LogP contribution in [0.2, 0.25) is 0 Å². The van der Waals surface area contributed by atoms with E-state index in [4.69, 9.17) is 4.74 Å². The highest BCUT2D eigenvalue weighted by Gasteiger charge is 2.18. The Morgan fingerprint density at radius 3 is 1.17 bits per heavy atom. The molecule has 0 aliphatic rings. The van der Waals surface area contributed by atoms with Gasteiger partial charge in [-0.05, 0) is 64.2 Å². The van der Waals surface area contributed by atoms with E-state index in [9.17, 15) is 19.8 Å². The molecule has 1 amide bonds. The zero-order valence-corrected chi connectivity index (χ0v) is 43.5. The van der Waals surface area contributed by atoms with Crippen LogP contribution in [0.25, 0.3) is 0 Å². The van der Waals surface area contributed by atoms with Gasteiger partial charge in [-0.1, -0.05) is 262 Å². The molecule has 0 heterocycles. The van der Waals surface area contributed by atoms with E-state index < -0.39 is 12.1 Å². The van der Waals surface area contributed by atoms with Crippen LogP contribution in [-0.2, 0) is 14.3 Å². The summed E-state index contributed by atoms with van der Waals surface area (Å²) >= 11 is 0. The molecule has 0 saturated carbocycles. The molecule has 382 valence electrons. The highest BCUT2D eigenvalue weighted by Crippen LogP contribution is 2.16. The topological polar surface area (TPSA) is 95.9 Å². The van der Waals surface area contributed by atoms with Gasteiger partial charge in [0.25, 0.3) is 0 Å². The normalized spacial score (nSPS) is 12.9. The molecule has 0 aromatic carbocycles. The Bertz CT molecular complexity index is 1060.